The van der Waals surface area contributed by atoms with Crippen molar-refractivity contribution in [3.8, 4) is 0 Å². The highest BCUT2D eigenvalue weighted by Crippen LogP contribution is 2.28. The summed E-state index contributed by atoms with van der Waals surface area (Å²) in [5.41, 5.74) is 3.40. The van der Waals surface area contributed by atoms with Gasteiger partial charge in [-0.15, -0.1) is 0 Å². The van der Waals surface area contributed by atoms with Gasteiger partial charge in [0.05, 0.1) is 37.9 Å². The van der Waals surface area contributed by atoms with E-state index in [0.717, 1.165) is 12.2 Å². The predicted octanol–water partition coefficient (Wildman–Crippen LogP) is 2.34. The first kappa shape index (κ1) is 15.3. The minimum absolute atomic E-state index is 0.114. The molecule has 2 rings (SSSR count). The average Bonchev–Trinajstić information content (AvgIpc) is 2.38. The summed E-state index contributed by atoms with van der Waals surface area (Å²) in [6, 6.07) is 6.20. The maximum absolute atomic E-state index is 9.44. The van der Waals surface area contributed by atoms with Crippen LogP contribution in [0.3, 0.4) is 0 Å². The predicted molar refractivity (Wildman–Crippen MR) is 79.9 cm³/mol. The number of anilines is 1. The molecule has 0 radical (unpaired) electrons. The van der Waals surface area contributed by atoms with Crippen molar-refractivity contribution in [1.29, 1.82) is 0 Å². The molecular formula is C16H25NO3. The van der Waals surface area contributed by atoms with E-state index in [1.165, 1.54) is 11.1 Å². The van der Waals surface area contributed by atoms with Gasteiger partial charge in [0.2, 0.25) is 0 Å². The second-order valence-corrected chi connectivity index (χ2v) is 5.95. The Morgan fingerprint density at radius 1 is 1.40 bits per heavy atom. The second-order valence-electron chi connectivity index (χ2n) is 5.95. The average molecular weight is 279 g/mol. The largest absolute Gasteiger partial charge is 0.396 e. The number of aliphatic hydroxyl groups excluding tert-OH is 1. The van der Waals surface area contributed by atoms with E-state index in [4.69, 9.17) is 9.47 Å². The molecule has 112 valence electrons. The van der Waals surface area contributed by atoms with Gasteiger partial charge in [-0.2, -0.15) is 0 Å². The Labute approximate surface area is 121 Å². The van der Waals surface area contributed by atoms with E-state index < -0.39 is 0 Å². The molecule has 0 spiro atoms. The smallest absolute Gasteiger partial charge is 0.0723 e. The summed E-state index contributed by atoms with van der Waals surface area (Å²) in [5.74, 6) is 0. The number of hydrogen-bond donors (Lipinski definition) is 2. The lowest BCUT2D eigenvalue weighted by Gasteiger charge is -2.40. The molecule has 1 aromatic carbocycles. The highest BCUT2D eigenvalue weighted by atomic mass is 16.5. The molecule has 1 fully saturated rings. The normalized spacial score (nSPS) is 17.1. The van der Waals surface area contributed by atoms with Gasteiger partial charge >= 0.3 is 0 Å². The Kier molecular flexibility index (Phi) is 5.02. The third-order valence-electron chi connectivity index (χ3n) is 3.82. The van der Waals surface area contributed by atoms with Gasteiger partial charge in [-0.25, -0.2) is 0 Å². The number of nitrogens with one attached hydrogen (secondary N) is 1. The monoisotopic (exact) mass is 279 g/mol. The maximum Gasteiger partial charge on any atom is 0.0723 e. The summed E-state index contributed by atoms with van der Waals surface area (Å²) in [6.07, 6.45) is 0.232. The number of rotatable bonds is 7. The molecule has 0 bridgehead atoms. The van der Waals surface area contributed by atoms with Crippen molar-refractivity contribution in [2.24, 2.45) is 5.41 Å². The first-order valence-electron chi connectivity index (χ1n) is 7.19. The lowest BCUT2D eigenvalue weighted by molar-refractivity contribution is -0.128. The Morgan fingerprint density at radius 2 is 2.15 bits per heavy atom. The summed E-state index contributed by atoms with van der Waals surface area (Å²) < 4.78 is 10.9. The van der Waals surface area contributed by atoms with Crippen LogP contribution in [0.25, 0.3) is 0 Å². The lowest BCUT2D eigenvalue weighted by atomic mass is 9.87. The molecule has 1 aliphatic heterocycles. The third-order valence-corrected chi connectivity index (χ3v) is 3.82. The molecule has 0 unspecified atom stereocenters. The molecule has 2 N–H and O–H groups in total. The van der Waals surface area contributed by atoms with Crippen molar-refractivity contribution in [2.75, 3.05) is 31.7 Å². The van der Waals surface area contributed by atoms with Crippen molar-refractivity contribution in [1.82, 2.24) is 0 Å². The van der Waals surface area contributed by atoms with E-state index in [9.17, 15) is 5.11 Å². The number of ether oxygens (including phenoxy) is 2. The van der Waals surface area contributed by atoms with Crippen LogP contribution in [0.5, 0.6) is 0 Å². The zero-order valence-corrected chi connectivity index (χ0v) is 12.6. The second kappa shape index (κ2) is 6.57. The summed E-state index contributed by atoms with van der Waals surface area (Å²) in [6.45, 7) is 8.97. The van der Waals surface area contributed by atoms with E-state index in [1.807, 2.05) is 19.9 Å². The first-order chi connectivity index (χ1) is 9.56. The van der Waals surface area contributed by atoms with Gasteiger partial charge in [-0.1, -0.05) is 12.1 Å². The number of aliphatic hydroxyl groups is 1. The molecule has 0 saturated carbocycles. The molecule has 0 atom stereocenters. The van der Waals surface area contributed by atoms with E-state index in [1.54, 1.807) is 0 Å². The summed E-state index contributed by atoms with van der Waals surface area (Å²) in [4.78, 5) is 0. The molecular weight excluding hydrogens is 254 g/mol. The fourth-order valence-corrected chi connectivity index (χ4v) is 2.21. The van der Waals surface area contributed by atoms with Crippen molar-refractivity contribution in [3.63, 3.8) is 0 Å². The minimum atomic E-state index is -0.114. The summed E-state index contributed by atoms with van der Waals surface area (Å²) in [7, 11) is 0. The Balaban J connectivity index is 1.99. The molecule has 0 amide bonds. The molecule has 4 heteroatoms. The van der Waals surface area contributed by atoms with E-state index in [0.29, 0.717) is 19.8 Å². The summed E-state index contributed by atoms with van der Waals surface area (Å²) >= 11 is 0. The molecule has 1 aromatic rings. The number of benzene rings is 1. The molecule has 0 aromatic heterocycles. The molecule has 4 nitrogen and oxygen atoms in total. The van der Waals surface area contributed by atoms with E-state index in [2.05, 4.69) is 24.4 Å². The summed E-state index contributed by atoms with van der Waals surface area (Å²) in [5, 5.41) is 12.9. The van der Waals surface area contributed by atoms with Crippen molar-refractivity contribution >= 4 is 5.69 Å². The zero-order chi connectivity index (χ0) is 14.6. The van der Waals surface area contributed by atoms with Crippen LogP contribution in [-0.2, 0) is 16.1 Å². The highest BCUT2D eigenvalue weighted by Gasteiger charge is 2.37. The fraction of sp³-hybridized carbons (Fsp3) is 0.625. The Morgan fingerprint density at radius 3 is 2.70 bits per heavy atom. The zero-order valence-electron chi connectivity index (χ0n) is 12.6. The van der Waals surface area contributed by atoms with Crippen LogP contribution in [0.2, 0.25) is 0 Å². The molecule has 1 aliphatic rings. The standard InChI is InChI=1S/C16H25NO3/c1-12(2)20-7-14-5-4-6-15(13(14)3)17-8-16(9-18)10-19-11-16/h4-6,12,17-18H,7-11H2,1-3H3. The van der Waals surface area contributed by atoms with Crippen LogP contribution in [0.15, 0.2) is 18.2 Å². The van der Waals surface area contributed by atoms with Gasteiger partial charge in [0.15, 0.2) is 0 Å². The van der Waals surface area contributed by atoms with Crippen LogP contribution in [-0.4, -0.2) is 37.6 Å². The third kappa shape index (κ3) is 3.51. The Hall–Kier alpha value is -1.10. The van der Waals surface area contributed by atoms with Crippen LogP contribution in [0.4, 0.5) is 5.69 Å². The van der Waals surface area contributed by atoms with Gasteiger partial charge in [0.1, 0.15) is 0 Å². The molecule has 20 heavy (non-hydrogen) atoms. The van der Waals surface area contributed by atoms with Gasteiger partial charge in [0, 0.05) is 12.2 Å². The highest BCUT2D eigenvalue weighted by molar-refractivity contribution is 5.54. The molecule has 1 heterocycles. The van der Waals surface area contributed by atoms with Crippen molar-refractivity contribution in [3.05, 3.63) is 29.3 Å². The molecule has 0 aliphatic carbocycles. The van der Waals surface area contributed by atoms with Gasteiger partial charge in [-0.3, -0.25) is 0 Å². The van der Waals surface area contributed by atoms with E-state index >= 15 is 0 Å². The van der Waals surface area contributed by atoms with Gasteiger partial charge in [-0.05, 0) is 38.0 Å². The maximum atomic E-state index is 9.44. The van der Waals surface area contributed by atoms with Crippen molar-refractivity contribution < 1.29 is 14.6 Å². The first-order valence-corrected chi connectivity index (χ1v) is 7.19. The van der Waals surface area contributed by atoms with Crippen molar-refractivity contribution in [2.45, 2.75) is 33.5 Å². The van der Waals surface area contributed by atoms with Crippen LogP contribution >= 0.6 is 0 Å². The van der Waals surface area contributed by atoms with E-state index in [-0.39, 0.29) is 18.1 Å². The Bertz CT molecular complexity index is 436. The van der Waals surface area contributed by atoms with Crippen LogP contribution in [0.1, 0.15) is 25.0 Å². The molecule has 1 saturated heterocycles. The van der Waals surface area contributed by atoms with Gasteiger partial charge in [0.25, 0.3) is 0 Å². The SMILES string of the molecule is Cc1c(COC(C)C)cccc1NCC1(CO)COC1. The van der Waals surface area contributed by atoms with Crippen LogP contribution in [0, 0.1) is 12.3 Å². The number of hydrogen-bond acceptors (Lipinski definition) is 4. The fourth-order valence-electron chi connectivity index (χ4n) is 2.21. The van der Waals surface area contributed by atoms with Gasteiger partial charge < -0.3 is 19.9 Å². The van der Waals surface area contributed by atoms with Crippen LogP contribution < -0.4 is 5.32 Å². The lowest BCUT2D eigenvalue weighted by Crippen LogP contribution is -2.50. The quantitative estimate of drug-likeness (QED) is 0.804. The minimum Gasteiger partial charge on any atom is -0.396 e. The topological polar surface area (TPSA) is 50.7 Å².